The Hall–Kier alpha value is -0.770. The first kappa shape index (κ1) is 12.3. The monoisotopic (exact) mass is 216 g/mol. The van der Waals surface area contributed by atoms with Gasteiger partial charge in [0.25, 0.3) is 0 Å². The molecule has 1 aliphatic heterocycles. The number of carbonyl (C=O) groups is 1. The van der Waals surface area contributed by atoms with E-state index in [0.29, 0.717) is 6.04 Å². The molecule has 0 saturated carbocycles. The van der Waals surface area contributed by atoms with Crippen molar-refractivity contribution in [2.45, 2.75) is 52.3 Å². The number of carbonyl (C=O) groups excluding carboxylic acids is 1. The highest BCUT2D eigenvalue weighted by Gasteiger charge is 2.29. The van der Waals surface area contributed by atoms with E-state index in [0.717, 1.165) is 13.1 Å². The quantitative estimate of drug-likeness (QED) is 0.672. The first-order valence-electron chi connectivity index (χ1n) is 5.52. The van der Waals surface area contributed by atoms with E-state index >= 15 is 0 Å². The van der Waals surface area contributed by atoms with Crippen molar-refractivity contribution in [2.75, 3.05) is 13.1 Å². The Labute approximate surface area is 93.5 Å². The Morgan fingerprint density at radius 2 is 2.07 bits per heavy atom. The maximum atomic E-state index is 11.8. The zero-order valence-electron chi connectivity index (χ0n) is 10.3. The lowest BCUT2D eigenvalue weighted by Crippen LogP contribution is -2.57. The van der Waals surface area contributed by atoms with E-state index in [4.69, 9.17) is 4.74 Å². The fraction of sp³-hybridized carbons (Fsp3) is 0.909. The van der Waals surface area contributed by atoms with Crippen LogP contribution in [-0.2, 0) is 4.74 Å². The SMILES string of the molecule is C[C@@H]1CN[C@@H](C)CN1C(=O)OC(C)(C)C.[HH]. The molecule has 1 heterocycles. The summed E-state index contributed by atoms with van der Waals surface area (Å²) in [5, 5.41) is 3.33. The molecule has 90 valence electrons. The normalized spacial score (nSPS) is 27.7. The lowest BCUT2D eigenvalue weighted by molar-refractivity contribution is 0.0104. The molecule has 0 spiro atoms. The summed E-state index contributed by atoms with van der Waals surface area (Å²) >= 11 is 0. The second-order valence-electron chi connectivity index (χ2n) is 5.29. The first-order valence-corrected chi connectivity index (χ1v) is 5.52. The van der Waals surface area contributed by atoms with E-state index in [1.54, 1.807) is 4.90 Å². The van der Waals surface area contributed by atoms with Crippen LogP contribution in [0.2, 0.25) is 0 Å². The zero-order chi connectivity index (χ0) is 11.6. The largest absolute Gasteiger partial charge is 0.444 e. The highest BCUT2D eigenvalue weighted by atomic mass is 16.6. The zero-order valence-corrected chi connectivity index (χ0v) is 10.3. The maximum absolute atomic E-state index is 11.8. The van der Waals surface area contributed by atoms with E-state index in [9.17, 15) is 4.79 Å². The molecule has 1 saturated heterocycles. The van der Waals surface area contributed by atoms with Crippen molar-refractivity contribution in [2.24, 2.45) is 0 Å². The van der Waals surface area contributed by atoms with Crippen molar-refractivity contribution in [3.05, 3.63) is 0 Å². The van der Waals surface area contributed by atoms with Gasteiger partial charge in [0.15, 0.2) is 0 Å². The van der Waals surface area contributed by atoms with Gasteiger partial charge in [-0.15, -0.1) is 0 Å². The molecule has 1 rings (SSSR count). The van der Waals surface area contributed by atoms with Gasteiger partial charge in [-0.3, -0.25) is 0 Å². The average molecular weight is 216 g/mol. The van der Waals surface area contributed by atoms with Crippen molar-refractivity contribution < 1.29 is 11.0 Å². The summed E-state index contributed by atoms with van der Waals surface area (Å²) in [5.41, 5.74) is -0.412. The molecule has 0 radical (unpaired) electrons. The van der Waals surface area contributed by atoms with Gasteiger partial charge in [-0.2, -0.15) is 0 Å². The number of ether oxygens (including phenoxy) is 1. The molecule has 0 aromatic rings. The number of nitrogens with one attached hydrogen (secondary N) is 1. The Kier molecular flexibility index (Phi) is 3.60. The standard InChI is InChI=1S/C11H22N2O2.H2/c1-8-7-13(9(2)6-12-8)10(14)15-11(3,4)5;/h8-9,12H,6-7H2,1-5H3;1H/t8-,9+;/m0./s1. The molecule has 0 unspecified atom stereocenters. The lowest BCUT2D eigenvalue weighted by Gasteiger charge is -2.38. The number of hydrogen-bond donors (Lipinski definition) is 1. The van der Waals surface area contributed by atoms with Crippen LogP contribution in [-0.4, -0.2) is 41.8 Å². The molecular formula is C11H24N2O2. The summed E-state index contributed by atoms with van der Waals surface area (Å²) in [5.74, 6) is 0. The van der Waals surface area contributed by atoms with Gasteiger partial charge in [-0.25, -0.2) is 4.79 Å². The summed E-state index contributed by atoms with van der Waals surface area (Å²) in [6.45, 7) is 11.3. The third-order valence-electron chi connectivity index (χ3n) is 2.39. The number of hydrogen-bond acceptors (Lipinski definition) is 3. The lowest BCUT2D eigenvalue weighted by atomic mass is 10.1. The van der Waals surface area contributed by atoms with E-state index in [1.165, 1.54) is 0 Å². The molecule has 1 N–H and O–H groups in total. The van der Waals surface area contributed by atoms with E-state index in [-0.39, 0.29) is 13.6 Å². The molecule has 0 bridgehead atoms. The van der Waals surface area contributed by atoms with Crippen LogP contribution in [0.3, 0.4) is 0 Å². The second-order valence-corrected chi connectivity index (χ2v) is 5.29. The number of rotatable bonds is 0. The van der Waals surface area contributed by atoms with Crippen LogP contribution < -0.4 is 5.32 Å². The molecule has 1 fully saturated rings. The summed E-state index contributed by atoms with van der Waals surface area (Å²) in [7, 11) is 0. The van der Waals surface area contributed by atoms with Crippen LogP contribution >= 0.6 is 0 Å². The van der Waals surface area contributed by atoms with Crippen LogP contribution in [0.15, 0.2) is 0 Å². The van der Waals surface area contributed by atoms with Gasteiger partial charge in [0.1, 0.15) is 5.60 Å². The molecule has 0 aromatic heterocycles. The molecule has 0 aromatic carbocycles. The second kappa shape index (κ2) is 4.39. The molecule has 1 aliphatic rings. The van der Waals surface area contributed by atoms with Gasteiger partial charge < -0.3 is 15.0 Å². The Balaban J connectivity index is 0.00000225. The third kappa shape index (κ3) is 3.70. The predicted molar refractivity (Wildman–Crippen MR) is 62.0 cm³/mol. The Morgan fingerprint density at radius 1 is 1.47 bits per heavy atom. The number of piperazine rings is 1. The van der Waals surface area contributed by atoms with Crippen molar-refractivity contribution in [3.8, 4) is 0 Å². The molecule has 4 heteroatoms. The highest BCUT2D eigenvalue weighted by molar-refractivity contribution is 5.68. The van der Waals surface area contributed by atoms with Crippen LogP contribution in [0.4, 0.5) is 4.79 Å². The highest BCUT2D eigenvalue weighted by Crippen LogP contribution is 2.14. The van der Waals surface area contributed by atoms with Gasteiger partial charge in [0.2, 0.25) is 0 Å². The van der Waals surface area contributed by atoms with Crippen LogP contribution in [0, 0.1) is 0 Å². The van der Waals surface area contributed by atoms with E-state index in [1.807, 2.05) is 27.7 Å². The van der Waals surface area contributed by atoms with Gasteiger partial charge in [-0.1, -0.05) is 0 Å². The molecule has 1 amide bonds. The fourth-order valence-corrected chi connectivity index (χ4v) is 1.60. The van der Waals surface area contributed by atoms with Gasteiger partial charge in [0, 0.05) is 26.6 Å². The number of nitrogens with zero attached hydrogens (tertiary/aromatic N) is 1. The van der Waals surface area contributed by atoms with Gasteiger partial charge in [-0.05, 0) is 34.6 Å². The molecular weight excluding hydrogens is 192 g/mol. The third-order valence-corrected chi connectivity index (χ3v) is 2.39. The molecule has 2 atom stereocenters. The summed E-state index contributed by atoms with van der Waals surface area (Å²) in [4.78, 5) is 13.6. The minimum absolute atomic E-state index is 0. The van der Waals surface area contributed by atoms with E-state index in [2.05, 4.69) is 12.2 Å². The molecule has 4 nitrogen and oxygen atoms in total. The maximum Gasteiger partial charge on any atom is 0.410 e. The van der Waals surface area contributed by atoms with E-state index < -0.39 is 5.60 Å². The minimum atomic E-state index is -0.412. The average Bonchev–Trinajstić information content (AvgIpc) is 2.06. The van der Waals surface area contributed by atoms with Crippen molar-refractivity contribution in [3.63, 3.8) is 0 Å². The fourth-order valence-electron chi connectivity index (χ4n) is 1.60. The van der Waals surface area contributed by atoms with Crippen molar-refractivity contribution in [1.29, 1.82) is 0 Å². The summed E-state index contributed by atoms with van der Waals surface area (Å²) in [6, 6.07) is 0.546. The minimum Gasteiger partial charge on any atom is -0.444 e. The summed E-state index contributed by atoms with van der Waals surface area (Å²) < 4.78 is 5.36. The van der Waals surface area contributed by atoms with Crippen LogP contribution in [0.25, 0.3) is 0 Å². The van der Waals surface area contributed by atoms with Gasteiger partial charge in [0.05, 0.1) is 0 Å². The predicted octanol–water partition coefficient (Wildman–Crippen LogP) is 1.85. The molecule has 15 heavy (non-hydrogen) atoms. The van der Waals surface area contributed by atoms with Crippen molar-refractivity contribution in [1.82, 2.24) is 10.2 Å². The number of amides is 1. The van der Waals surface area contributed by atoms with Crippen LogP contribution in [0.1, 0.15) is 36.0 Å². The Morgan fingerprint density at radius 3 is 2.60 bits per heavy atom. The first-order chi connectivity index (χ1) is 6.79. The smallest absolute Gasteiger partial charge is 0.410 e. The topological polar surface area (TPSA) is 41.6 Å². The summed E-state index contributed by atoms with van der Waals surface area (Å²) in [6.07, 6.45) is -0.205. The van der Waals surface area contributed by atoms with Crippen molar-refractivity contribution >= 4 is 6.09 Å². The van der Waals surface area contributed by atoms with Gasteiger partial charge >= 0.3 is 6.09 Å². The Bertz CT molecular complexity index is 241. The molecule has 0 aliphatic carbocycles. The van der Waals surface area contributed by atoms with Crippen LogP contribution in [0.5, 0.6) is 0 Å².